The average molecular weight is 369 g/mol. The van der Waals surface area contributed by atoms with Crippen LogP contribution in [0.25, 0.3) is 0 Å². The number of amides is 2. The number of carbonyl (C=O) groups is 3. The van der Waals surface area contributed by atoms with Crippen molar-refractivity contribution >= 4 is 17.6 Å². The number of Topliss-reactive ketones (excluding diaryl/α,β-unsaturated/α-hetero) is 1. The third-order valence-electron chi connectivity index (χ3n) is 4.68. The smallest absolute Gasteiger partial charge is 0.286 e. The zero-order valence-electron chi connectivity index (χ0n) is 15.7. The van der Waals surface area contributed by atoms with Gasteiger partial charge in [0.1, 0.15) is 11.4 Å². The highest BCUT2D eigenvalue weighted by Crippen LogP contribution is 2.26. The molecule has 0 spiro atoms. The standard InChI is InChI=1S/C20H23N3O4/c1-11-7-8-12(2)16(9-11)27-10-17(25)22-23-20(26)19-13(3)18-14(21-19)5-4-6-15(18)24/h7-9,21H,4-6,10H2,1-3H3,(H,22,25)(H,23,26). The summed E-state index contributed by atoms with van der Waals surface area (Å²) in [7, 11) is 0. The number of aromatic nitrogens is 1. The second kappa shape index (κ2) is 7.65. The molecule has 0 aliphatic heterocycles. The topological polar surface area (TPSA) is 100 Å². The normalized spacial score (nSPS) is 13.1. The molecule has 3 N–H and O–H groups in total. The summed E-state index contributed by atoms with van der Waals surface area (Å²) in [5, 5.41) is 0. The fourth-order valence-corrected chi connectivity index (χ4v) is 3.23. The van der Waals surface area contributed by atoms with Crippen molar-refractivity contribution in [3.63, 3.8) is 0 Å². The Morgan fingerprint density at radius 2 is 1.93 bits per heavy atom. The first-order chi connectivity index (χ1) is 12.9. The van der Waals surface area contributed by atoms with E-state index in [9.17, 15) is 14.4 Å². The van der Waals surface area contributed by atoms with E-state index in [1.165, 1.54) is 0 Å². The van der Waals surface area contributed by atoms with Crippen LogP contribution in [0.3, 0.4) is 0 Å². The molecule has 27 heavy (non-hydrogen) atoms. The number of aromatic amines is 1. The van der Waals surface area contributed by atoms with Crippen LogP contribution in [0.2, 0.25) is 0 Å². The molecular weight excluding hydrogens is 346 g/mol. The summed E-state index contributed by atoms with van der Waals surface area (Å²) in [5.74, 6) is -0.290. The Morgan fingerprint density at radius 3 is 2.67 bits per heavy atom. The second-order valence-corrected chi connectivity index (χ2v) is 6.82. The maximum absolute atomic E-state index is 12.4. The Balaban J connectivity index is 1.57. The SMILES string of the molecule is Cc1ccc(C)c(OCC(=O)NNC(=O)c2[nH]c3c(c2C)C(=O)CCC3)c1. The fourth-order valence-electron chi connectivity index (χ4n) is 3.23. The van der Waals surface area contributed by atoms with Gasteiger partial charge in [0.15, 0.2) is 12.4 Å². The Labute approximate surface area is 157 Å². The quantitative estimate of drug-likeness (QED) is 0.720. The highest BCUT2D eigenvalue weighted by molar-refractivity contribution is 6.04. The van der Waals surface area contributed by atoms with Crippen LogP contribution in [0.15, 0.2) is 18.2 Å². The maximum atomic E-state index is 12.4. The summed E-state index contributed by atoms with van der Waals surface area (Å²) >= 11 is 0. The van der Waals surface area contributed by atoms with Crippen LogP contribution in [-0.4, -0.2) is 29.2 Å². The highest BCUT2D eigenvalue weighted by Gasteiger charge is 2.26. The first-order valence-electron chi connectivity index (χ1n) is 8.90. The predicted molar refractivity (Wildman–Crippen MR) is 99.8 cm³/mol. The van der Waals surface area contributed by atoms with Crippen LogP contribution >= 0.6 is 0 Å². The monoisotopic (exact) mass is 369 g/mol. The van der Waals surface area contributed by atoms with Crippen molar-refractivity contribution in [2.24, 2.45) is 0 Å². The van der Waals surface area contributed by atoms with Gasteiger partial charge in [0, 0.05) is 17.7 Å². The number of rotatable bonds is 4. The van der Waals surface area contributed by atoms with Gasteiger partial charge in [0.05, 0.1) is 0 Å². The fraction of sp³-hybridized carbons (Fsp3) is 0.350. The highest BCUT2D eigenvalue weighted by atomic mass is 16.5. The van der Waals surface area contributed by atoms with Gasteiger partial charge in [-0.05, 0) is 56.4 Å². The van der Waals surface area contributed by atoms with E-state index < -0.39 is 11.8 Å². The molecule has 7 nitrogen and oxygen atoms in total. The van der Waals surface area contributed by atoms with Crippen molar-refractivity contribution in [1.29, 1.82) is 0 Å². The van der Waals surface area contributed by atoms with Crippen LogP contribution in [0.5, 0.6) is 5.75 Å². The summed E-state index contributed by atoms with van der Waals surface area (Å²) in [6.07, 6.45) is 2.02. The van der Waals surface area contributed by atoms with Crippen LogP contribution in [0.4, 0.5) is 0 Å². The van der Waals surface area contributed by atoms with E-state index in [-0.39, 0.29) is 12.4 Å². The van der Waals surface area contributed by atoms with Crippen LogP contribution in [0.1, 0.15) is 56.1 Å². The van der Waals surface area contributed by atoms with Gasteiger partial charge in [-0.1, -0.05) is 12.1 Å². The van der Waals surface area contributed by atoms with Crippen LogP contribution < -0.4 is 15.6 Å². The summed E-state index contributed by atoms with van der Waals surface area (Å²) in [4.78, 5) is 39.4. The molecule has 0 atom stereocenters. The van der Waals surface area contributed by atoms with Crippen molar-refractivity contribution in [2.45, 2.75) is 40.0 Å². The Hall–Kier alpha value is -3.09. The van der Waals surface area contributed by atoms with Gasteiger partial charge in [0.25, 0.3) is 11.8 Å². The first kappa shape index (κ1) is 18.7. The molecule has 1 aliphatic rings. The van der Waals surface area contributed by atoms with Gasteiger partial charge in [0.2, 0.25) is 0 Å². The molecule has 2 aromatic rings. The Bertz CT molecular complexity index is 914. The van der Waals surface area contributed by atoms with Gasteiger partial charge >= 0.3 is 0 Å². The molecule has 2 amide bonds. The molecule has 3 rings (SSSR count). The van der Waals surface area contributed by atoms with Crippen molar-refractivity contribution in [3.05, 3.63) is 51.8 Å². The third-order valence-corrected chi connectivity index (χ3v) is 4.68. The van der Waals surface area contributed by atoms with Gasteiger partial charge < -0.3 is 9.72 Å². The van der Waals surface area contributed by atoms with E-state index in [4.69, 9.17) is 4.74 Å². The number of hydrogen-bond acceptors (Lipinski definition) is 4. The van der Waals surface area contributed by atoms with E-state index in [1.807, 2.05) is 32.0 Å². The number of ether oxygens (including phenoxy) is 1. The molecule has 0 saturated heterocycles. The molecule has 0 fully saturated rings. The molecule has 1 aromatic carbocycles. The largest absolute Gasteiger partial charge is 0.483 e. The van der Waals surface area contributed by atoms with E-state index in [1.54, 1.807) is 6.92 Å². The Morgan fingerprint density at radius 1 is 1.15 bits per heavy atom. The lowest BCUT2D eigenvalue weighted by atomic mass is 9.94. The lowest BCUT2D eigenvalue weighted by Crippen LogP contribution is -2.44. The van der Waals surface area contributed by atoms with E-state index >= 15 is 0 Å². The number of hydrogen-bond donors (Lipinski definition) is 3. The van der Waals surface area contributed by atoms with Gasteiger partial charge in [-0.2, -0.15) is 0 Å². The average Bonchev–Trinajstić information content (AvgIpc) is 2.98. The van der Waals surface area contributed by atoms with Gasteiger partial charge in [-0.3, -0.25) is 25.2 Å². The zero-order chi connectivity index (χ0) is 19.6. The molecule has 1 aliphatic carbocycles. The molecule has 1 heterocycles. The molecule has 142 valence electrons. The minimum Gasteiger partial charge on any atom is -0.483 e. The van der Waals surface area contributed by atoms with Crippen LogP contribution in [-0.2, 0) is 11.2 Å². The minimum absolute atomic E-state index is 0.0509. The number of fused-ring (bicyclic) bond motifs is 1. The van der Waals surface area contributed by atoms with Gasteiger partial charge in [-0.25, -0.2) is 0 Å². The first-order valence-corrected chi connectivity index (χ1v) is 8.90. The summed E-state index contributed by atoms with van der Waals surface area (Å²) in [6.45, 7) is 5.35. The van der Waals surface area contributed by atoms with Crippen LogP contribution in [0, 0.1) is 20.8 Å². The van der Waals surface area contributed by atoms with E-state index in [2.05, 4.69) is 15.8 Å². The molecule has 7 heteroatoms. The van der Waals surface area contributed by atoms with Crippen molar-refractivity contribution < 1.29 is 19.1 Å². The molecule has 0 radical (unpaired) electrons. The number of ketones is 1. The second-order valence-electron chi connectivity index (χ2n) is 6.82. The molecular formula is C20H23N3O4. The molecule has 0 unspecified atom stereocenters. The molecule has 0 bridgehead atoms. The summed E-state index contributed by atoms with van der Waals surface area (Å²) < 4.78 is 5.51. The Kier molecular flexibility index (Phi) is 5.30. The zero-order valence-corrected chi connectivity index (χ0v) is 15.7. The third kappa shape index (κ3) is 4.02. The predicted octanol–water partition coefficient (Wildman–Crippen LogP) is 2.30. The van der Waals surface area contributed by atoms with Crippen molar-refractivity contribution in [3.8, 4) is 5.75 Å². The number of aryl methyl sites for hydroxylation is 3. The van der Waals surface area contributed by atoms with Gasteiger partial charge in [-0.15, -0.1) is 0 Å². The molecule has 0 saturated carbocycles. The number of H-pyrrole nitrogens is 1. The number of carbonyl (C=O) groups excluding carboxylic acids is 3. The van der Waals surface area contributed by atoms with Crippen molar-refractivity contribution in [2.75, 3.05) is 6.61 Å². The van der Waals surface area contributed by atoms with E-state index in [0.717, 1.165) is 29.7 Å². The number of nitrogens with one attached hydrogen (secondary N) is 3. The lowest BCUT2D eigenvalue weighted by Gasteiger charge is -2.11. The van der Waals surface area contributed by atoms with E-state index in [0.29, 0.717) is 29.0 Å². The number of hydrazine groups is 1. The molecule has 1 aromatic heterocycles. The summed E-state index contributed by atoms with van der Waals surface area (Å²) in [6, 6.07) is 5.73. The van der Waals surface area contributed by atoms with Crippen molar-refractivity contribution in [1.82, 2.24) is 15.8 Å². The maximum Gasteiger partial charge on any atom is 0.286 e. The minimum atomic E-state index is -0.491. The number of benzene rings is 1. The lowest BCUT2D eigenvalue weighted by molar-refractivity contribution is -0.123. The summed E-state index contributed by atoms with van der Waals surface area (Å²) in [5.41, 5.74) is 8.97.